The van der Waals surface area contributed by atoms with Crippen molar-refractivity contribution < 1.29 is 23.7 Å². The van der Waals surface area contributed by atoms with Gasteiger partial charge in [-0.1, -0.05) is 30.3 Å². The fourth-order valence-electron chi connectivity index (χ4n) is 4.44. The van der Waals surface area contributed by atoms with Gasteiger partial charge in [-0.2, -0.15) is 0 Å². The molecule has 1 unspecified atom stereocenters. The van der Waals surface area contributed by atoms with Crippen molar-refractivity contribution in [3.05, 3.63) is 53.6 Å². The second kappa shape index (κ2) is 11.4. The summed E-state index contributed by atoms with van der Waals surface area (Å²) in [5.41, 5.74) is 1.53. The minimum absolute atomic E-state index is 0.465. The summed E-state index contributed by atoms with van der Waals surface area (Å²) < 4.78 is 23.8. The smallest absolute Gasteiger partial charge is 0.204 e. The van der Waals surface area contributed by atoms with Gasteiger partial charge in [0.25, 0.3) is 0 Å². The van der Waals surface area contributed by atoms with E-state index in [2.05, 4.69) is 16.8 Å². The highest BCUT2D eigenvalue weighted by Gasteiger charge is 2.32. The lowest BCUT2D eigenvalue weighted by molar-refractivity contribution is -0.108. The van der Waals surface area contributed by atoms with E-state index in [4.69, 9.17) is 18.9 Å². The number of benzene rings is 2. The van der Waals surface area contributed by atoms with Gasteiger partial charge in [0, 0.05) is 37.8 Å². The number of unbranched alkanes of at least 4 members (excludes halogenated alkanes) is 1. The van der Waals surface area contributed by atoms with Crippen LogP contribution in [-0.2, 0) is 4.79 Å². The van der Waals surface area contributed by atoms with E-state index in [1.807, 2.05) is 36.4 Å². The molecule has 182 valence electrons. The van der Waals surface area contributed by atoms with Crippen LogP contribution in [0, 0.1) is 0 Å². The molecule has 7 heteroatoms. The fourth-order valence-corrected chi connectivity index (χ4v) is 4.44. The molecule has 34 heavy (non-hydrogen) atoms. The number of aldehydes is 1. The predicted molar refractivity (Wildman–Crippen MR) is 132 cm³/mol. The highest BCUT2D eigenvalue weighted by atomic mass is 16.5. The van der Waals surface area contributed by atoms with Crippen LogP contribution in [-0.4, -0.2) is 76.7 Å². The summed E-state index contributed by atoms with van der Waals surface area (Å²) >= 11 is 0. The van der Waals surface area contributed by atoms with E-state index in [1.54, 1.807) is 20.3 Å². The van der Waals surface area contributed by atoms with Crippen molar-refractivity contribution >= 4 is 12.0 Å². The van der Waals surface area contributed by atoms with Crippen LogP contribution in [0.25, 0.3) is 5.76 Å². The third-order valence-corrected chi connectivity index (χ3v) is 6.43. The summed E-state index contributed by atoms with van der Waals surface area (Å²) in [6.45, 7) is 6.15. The van der Waals surface area contributed by atoms with Gasteiger partial charge in [0.15, 0.2) is 11.5 Å². The molecule has 0 bridgehead atoms. The number of likely N-dealkylation sites (N-methyl/N-ethyl adjacent to an activating group) is 1. The molecule has 1 atom stereocenters. The standard InChI is InChI=1S/C27H34N2O5/c1-28-12-14-29(15-13-28)11-7-8-16-33-24-18-23(31-2)25-21(19-30)17-22(20-9-5-4-6-10-20)34-27(25)26(24)32-3/h4-6,9-10,17-19,21H,7-8,11-16H2,1-3H3. The second-order valence-electron chi connectivity index (χ2n) is 8.71. The number of nitrogens with zero attached hydrogens (tertiary/aromatic N) is 2. The third-order valence-electron chi connectivity index (χ3n) is 6.43. The normalized spacial score (nSPS) is 18.4. The zero-order valence-electron chi connectivity index (χ0n) is 20.3. The van der Waals surface area contributed by atoms with E-state index in [-0.39, 0.29) is 0 Å². The topological polar surface area (TPSA) is 60.5 Å². The van der Waals surface area contributed by atoms with Gasteiger partial charge in [-0.15, -0.1) is 0 Å². The highest BCUT2D eigenvalue weighted by Crippen LogP contribution is 2.52. The summed E-state index contributed by atoms with van der Waals surface area (Å²) in [6.07, 6.45) is 4.71. The number of hydrogen-bond acceptors (Lipinski definition) is 7. The van der Waals surface area contributed by atoms with Crippen LogP contribution < -0.4 is 18.9 Å². The minimum atomic E-state index is -0.513. The number of rotatable bonds is 10. The van der Waals surface area contributed by atoms with Gasteiger partial charge in [0.2, 0.25) is 5.75 Å². The van der Waals surface area contributed by atoms with Crippen LogP contribution in [0.3, 0.4) is 0 Å². The van der Waals surface area contributed by atoms with Gasteiger partial charge in [-0.3, -0.25) is 0 Å². The zero-order valence-corrected chi connectivity index (χ0v) is 20.3. The molecule has 0 radical (unpaired) electrons. The largest absolute Gasteiger partial charge is 0.496 e. The van der Waals surface area contributed by atoms with Crippen molar-refractivity contribution in [1.82, 2.24) is 9.80 Å². The van der Waals surface area contributed by atoms with Gasteiger partial charge >= 0.3 is 0 Å². The van der Waals surface area contributed by atoms with Gasteiger partial charge in [0.1, 0.15) is 17.8 Å². The Morgan fingerprint density at radius 1 is 1.03 bits per heavy atom. The molecular formula is C27H34N2O5. The molecule has 4 rings (SSSR count). The Bertz CT molecular complexity index is 1000. The Morgan fingerprint density at radius 3 is 2.47 bits per heavy atom. The maximum atomic E-state index is 12.0. The van der Waals surface area contributed by atoms with Crippen molar-refractivity contribution in [2.45, 2.75) is 18.8 Å². The number of ether oxygens (including phenoxy) is 4. The van der Waals surface area contributed by atoms with Crippen LogP contribution in [0.1, 0.15) is 29.9 Å². The summed E-state index contributed by atoms with van der Waals surface area (Å²) in [5.74, 6) is 2.13. The molecule has 2 aliphatic heterocycles. The van der Waals surface area contributed by atoms with Crippen molar-refractivity contribution in [3.8, 4) is 23.0 Å². The van der Waals surface area contributed by atoms with E-state index in [0.717, 1.165) is 57.4 Å². The molecule has 1 saturated heterocycles. The second-order valence-corrected chi connectivity index (χ2v) is 8.71. The van der Waals surface area contributed by atoms with Crippen LogP contribution in [0.15, 0.2) is 42.5 Å². The number of hydrogen-bond donors (Lipinski definition) is 0. The van der Waals surface area contributed by atoms with Crippen molar-refractivity contribution in [2.24, 2.45) is 0 Å². The molecule has 7 nitrogen and oxygen atoms in total. The summed E-state index contributed by atoms with van der Waals surface area (Å²) in [4.78, 5) is 16.9. The summed E-state index contributed by atoms with van der Waals surface area (Å²) in [6, 6.07) is 11.5. The molecule has 0 spiro atoms. The number of methoxy groups -OCH3 is 2. The van der Waals surface area contributed by atoms with Gasteiger partial charge in [-0.05, 0) is 32.5 Å². The molecule has 0 aromatic heterocycles. The zero-order chi connectivity index (χ0) is 23.9. The minimum Gasteiger partial charge on any atom is -0.496 e. The number of carbonyl (C=O) groups is 1. The quantitative estimate of drug-likeness (QED) is 0.390. The van der Waals surface area contributed by atoms with Crippen LogP contribution >= 0.6 is 0 Å². The Balaban J connectivity index is 1.49. The molecule has 2 heterocycles. The summed E-state index contributed by atoms with van der Waals surface area (Å²) in [5, 5.41) is 0. The van der Waals surface area contributed by atoms with E-state index in [9.17, 15) is 4.79 Å². The lowest BCUT2D eigenvalue weighted by Gasteiger charge is -2.32. The highest BCUT2D eigenvalue weighted by molar-refractivity contribution is 5.81. The van der Waals surface area contributed by atoms with E-state index in [1.165, 1.54) is 0 Å². The van der Waals surface area contributed by atoms with Crippen LogP contribution in [0.5, 0.6) is 23.0 Å². The lowest BCUT2D eigenvalue weighted by Crippen LogP contribution is -2.44. The SMILES string of the molecule is COc1cc(OCCCCN2CCN(C)CC2)c(OC)c2c1C(C=O)C=C(c1ccccc1)O2. The average molecular weight is 467 g/mol. The molecule has 0 N–H and O–H groups in total. The number of fused-ring (bicyclic) bond motifs is 1. The first-order valence-corrected chi connectivity index (χ1v) is 11.9. The Labute approximate surface area is 201 Å². The Hall–Kier alpha value is -3.03. The third kappa shape index (κ3) is 5.37. The molecule has 0 aliphatic carbocycles. The Morgan fingerprint density at radius 2 is 1.79 bits per heavy atom. The first-order valence-electron chi connectivity index (χ1n) is 11.9. The molecule has 2 aromatic rings. The van der Waals surface area contributed by atoms with Crippen LogP contribution in [0.2, 0.25) is 0 Å². The van der Waals surface area contributed by atoms with Gasteiger partial charge in [-0.25, -0.2) is 0 Å². The van der Waals surface area contributed by atoms with Crippen molar-refractivity contribution in [3.63, 3.8) is 0 Å². The number of carbonyl (C=O) groups excluding carboxylic acids is 1. The first kappa shape index (κ1) is 24.1. The van der Waals surface area contributed by atoms with E-state index >= 15 is 0 Å². The molecule has 2 aromatic carbocycles. The fraction of sp³-hybridized carbons (Fsp3) is 0.444. The van der Waals surface area contributed by atoms with Gasteiger partial charge < -0.3 is 33.5 Å². The predicted octanol–water partition coefficient (Wildman–Crippen LogP) is 3.83. The molecular weight excluding hydrogens is 432 g/mol. The molecule has 0 amide bonds. The maximum absolute atomic E-state index is 12.0. The average Bonchev–Trinajstić information content (AvgIpc) is 2.88. The number of allylic oxidation sites excluding steroid dienone is 1. The van der Waals surface area contributed by atoms with E-state index < -0.39 is 5.92 Å². The van der Waals surface area contributed by atoms with Gasteiger partial charge in [0.05, 0.1) is 32.3 Å². The van der Waals surface area contributed by atoms with Crippen molar-refractivity contribution in [1.29, 1.82) is 0 Å². The molecule has 0 saturated carbocycles. The number of piperazine rings is 1. The van der Waals surface area contributed by atoms with Crippen LogP contribution in [0.4, 0.5) is 0 Å². The lowest BCUT2D eigenvalue weighted by atomic mass is 9.93. The molecule has 1 fully saturated rings. The summed E-state index contributed by atoms with van der Waals surface area (Å²) in [7, 11) is 5.34. The van der Waals surface area contributed by atoms with Crippen molar-refractivity contribution in [2.75, 3.05) is 60.6 Å². The Kier molecular flexibility index (Phi) is 8.08. The first-order chi connectivity index (χ1) is 16.6. The monoisotopic (exact) mass is 466 g/mol. The van der Waals surface area contributed by atoms with E-state index in [0.29, 0.717) is 40.9 Å². The maximum Gasteiger partial charge on any atom is 0.204 e. The molecule has 2 aliphatic rings.